The number of hydrogen-bond acceptors (Lipinski definition) is 6. The number of ether oxygens (including phenoxy) is 1. The number of nitrogens with zero attached hydrogens (tertiary/aromatic N) is 4. The van der Waals surface area contributed by atoms with Crippen LogP contribution in [0, 0.1) is 0 Å². The highest BCUT2D eigenvalue weighted by Gasteiger charge is 2.07. The van der Waals surface area contributed by atoms with Gasteiger partial charge in [-0.15, -0.1) is 0 Å². The molecule has 19 heavy (non-hydrogen) atoms. The van der Waals surface area contributed by atoms with E-state index in [0.29, 0.717) is 24.0 Å². The van der Waals surface area contributed by atoms with Gasteiger partial charge in [0.1, 0.15) is 12.0 Å². The molecule has 0 spiro atoms. The Morgan fingerprint density at radius 3 is 3.05 bits per heavy atom. The molecule has 0 atom stereocenters. The normalized spacial score (nSPS) is 10.4. The van der Waals surface area contributed by atoms with Crippen molar-refractivity contribution in [3.8, 4) is 5.88 Å². The van der Waals surface area contributed by atoms with Crippen LogP contribution < -0.4 is 15.8 Å². The van der Waals surface area contributed by atoms with Crippen molar-refractivity contribution < 1.29 is 4.74 Å². The van der Waals surface area contributed by atoms with Gasteiger partial charge >= 0.3 is 0 Å². The van der Waals surface area contributed by atoms with Gasteiger partial charge < -0.3 is 15.8 Å². The maximum atomic E-state index is 5.92. The third kappa shape index (κ3) is 3.57. The highest BCUT2D eigenvalue weighted by molar-refractivity contribution is 5.66. The zero-order valence-corrected chi connectivity index (χ0v) is 10.9. The molecule has 2 rings (SSSR count). The molecule has 0 aromatic carbocycles. The first-order valence-electron chi connectivity index (χ1n) is 6.26. The first kappa shape index (κ1) is 13.1. The van der Waals surface area contributed by atoms with E-state index in [1.807, 2.05) is 23.9 Å². The average Bonchev–Trinajstić information content (AvgIpc) is 2.92. The zero-order chi connectivity index (χ0) is 13.5. The summed E-state index contributed by atoms with van der Waals surface area (Å²) >= 11 is 0. The molecule has 0 radical (unpaired) electrons. The largest absolute Gasteiger partial charge is 0.476 e. The lowest BCUT2D eigenvalue weighted by Gasteiger charge is -2.10. The van der Waals surface area contributed by atoms with Gasteiger partial charge in [-0.3, -0.25) is 4.68 Å². The summed E-state index contributed by atoms with van der Waals surface area (Å²) in [5, 5.41) is 7.31. The predicted octanol–water partition coefficient (Wildman–Crippen LogP) is 1.16. The van der Waals surface area contributed by atoms with Gasteiger partial charge in [0.2, 0.25) is 5.88 Å². The van der Waals surface area contributed by atoms with E-state index in [2.05, 4.69) is 20.4 Å². The molecule has 3 N–H and O–H groups in total. The van der Waals surface area contributed by atoms with Crippen molar-refractivity contribution in [3.63, 3.8) is 0 Å². The minimum Gasteiger partial charge on any atom is -0.476 e. The summed E-state index contributed by atoms with van der Waals surface area (Å²) < 4.78 is 7.20. The van der Waals surface area contributed by atoms with Crippen molar-refractivity contribution in [2.75, 3.05) is 24.2 Å². The molecule has 0 fully saturated rings. The van der Waals surface area contributed by atoms with Crippen LogP contribution in [0.15, 0.2) is 24.8 Å². The Bertz CT molecular complexity index is 499. The number of hydrogen-bond donors (Lipinski definition) is 2. The second-order valence-electron chi connectivity index (χ2n) is 3.92. The van der Waals surface area contributed by atoms with Gasteiger partial charge in [0.25, 0.3) is 0 Å². The van der Waals surface area contributed by atoms with Crippen molar-refractivity contribution in [2.45, 2.75) is 19.9 Å². The van der Waals surface area contributed by atoms with Crippen LogP contribution in [0.5, 0.6) is 5.88 Å². The number of nitrogens with one attached hydrogen (secondary N) is 1. The van der Waals surface area contributed by atoms with E-state index in [9.17, 15) is 0 Å². The molecule has 0 aliphatic carbocycles. The van der Waals surface area contributed by atoms with Crippen molar-refractivity contribution >= 4 is 11.5 Å². The summed E-state index contributed by atoms with van der Waals surface area (Å²) in [4.78, 5) is 8.09. The van der Waals surface area contributed by atoms with Crippen LogP contribution in [0.1, 0.15) is 13.3 Å². The van der Waals surface area contributed by atoms with Gasteiger partial charge in [-0.2, -0.15) is 10.1 Å². The number of aryl methyl sites for hydroxylation is 1. The van der Waals surface area contributed by atoms with Crippen LogP contribution in [0.25, 0.3) is 0 Å². The number of anilines is 2. The monoisotopic (exact) mass is 262 g/mol. The molecular formula is C12H18N6O. The molecule has 0 amide bonds. The summed E-state index contributed by atoms with van der Waals surface area (Å²) in [5.41, 5.74) is 6.36. The minimum absolute atomic E-state index is 0.423. The summed E-state index contributed by atoms with van der Waals surface area (Å²) in [6.45, 7) is 4.02. The van der Waals surface area contributed by atoms with Crippen LogP contribution in [0.3, 0.4) is 0 Å². The fourth-order valence-electron chi connectivity index (χ4n) is 1.65. The second kappa shape index (κ2) is 6.58. The number of aromatic nitrogens is 4. The van der Waals surface area contributed by atoms with E-state index in [1.165, 1.54) is 6.33 Å². The maximum absolute atomic E-state index is 5.92. The van der Waals surface area contributed by atoms with Crippen LogP contribution >= 0.6 is 0 Å². The van der Waals surface area contributed by atoms with E-state index in [0.717, 1.165) is 19.5 Å². The molecule has 0 bridgehead atoms. The molecule has 7 nitrogen and oxygen atoms in total. The Hall–Kier alpha value is -2.31. The third-order valence-corrected chi connectivity index (χ3v) is 2.54. The highest BCUT2D eigenvalue weighted by atomic mass is 16.5. The Morgan fingerprint density at radius 2 is 2.32 bits per heavy atom. The minimum atomic E-state index is 0.423. The van der Waals surface area contributed by atoms with Gasteiger partial charge in [-0.1, -0.05) is 0 Å². The van der Waals surface area contributed by atoms with E-state index >= 15 is 0 Å². The smallest absolute Gasteiger partial charge is 0.242 e. The Morgan fingerprint density at radius 1 is 1.42 bits per heavy atom. The summed E-state index contributed by atoms with van der Waals surface area (Å²) in [6, 6.07) is 1.91. The van der Waals surface area contributed by atoms with Gasteiger partial charge in [-0.05, 0) is 19.4 Å². The average molecular weight is 262 g/mol. The maximum Gasteiger partial charge on any atom is 0.242 e. The van der Waals surface area contributed by atoms with Crippen LogP contribution in [0.4, 0.5) is 11.5 Å². The van der Waals surface area contributed by atoms with E-state index < -0.39 is 0 Å². The summed E-state index contributed by atoms with van der Waals surface area (Å²) in [7, 11) is 0. The topological polar surface area (TPSA) is 90.9 Å². The standard InChI is InChI=1S/C12H18N6O/c1-2-19-12-10(13)11(15-9-16-12)14-5-3-7-18-8-4-6-17-18/h4,6,8-9H,2-3,5,7,13H2,1H3,(H,14,15,16). The molecule has 0 saturated heterocycles. The molecule has 2 heterocycles. The molecular weight excluding hydrogens is 244 g/mol. The van der Waals surface area contributed by atoms with Gasteiger partial charge in [0, 0.05) is 25.5 Å². The SMILES string of the molecule is CCOc1ncnc(NCCCn2cccn2)c1N. The summed E-state index contributed by atoms with van der Waals surface area (Å²) in [6.07, 6.45) is 6.07. The second-order valence-corrected chi connectivity index (χ2v) is 3.92. The highest BCUT2D eigenvalue weighted by Crippen LogP contribution is 2.24. The fourth-order valence-corrected chi connectivity index (χ4v) is 1.65. The molecule has 2 aromatic rings. The van der Waals surface area contributed by atoms with E-state index in [1.54, 1.807) is 6.20 Å². The van der Waals surface area contributed by atoms with Crippen molar-refractivity contribution in [1.29, 1.82) is 0 Å². The van der Waals surface area contributed by atoms with E-state index in [4.69, 9.17) is 10.5 Å². The first-order chi connectivity index (χ1) is 9.31. The number of nitrogen functional groups attached to an aromatic ring is 1. The Kier molecular flexibility index (Phi) is 4.54. The summed E-state index contributed by atoms with van der Waals surface area (Å²) in [5.74, 6) is 1.03. The van der Waals surface area contributed by atoms with Gasteiger partial charge in [0.15, 0.2) is 5.82 Å². The molecule has 7 heteroatoms. The Labute approximate surface area is 111 Å². The number of rotatable bonds is 7. The zero-order valence-electron chi connectivity index (χ0n) is 10.9. The molecule has 0 aliphatic heterocycles. The van der Waals surface area contributed by atoms with Crippen LogP contribution in [-0.2, 0) is 6.54 Å². The molecule has 102 valence electrons. The quantitative estimate of drug-likeness (QED) is 0.727. The van der Waals surface area contributed by atoms with Crippen LogP contribution in [0.2, 0.25) is 0 Å². The first-order valence-corrected chi connectivity index (χ1v) is 6.26. The predicted molar refractivity (Wildman–Crippen MR) is 72.9 cm³/mol. The van der Waals surface area contributed by atoms with Gasteiger partial charge in [-0.25, -0.2) is 4.98 Å². The molecule has 0 unspecified atom stereocenters. The molecule has 0 saturated carbocycles. The Balaban J connectivity index is 1.83. The fraction of sp³-hybridized carbons (Fsp3) is 0.417. The van der Waals surface area contributed by atoms with Crippen molar-refractivity contribution in [3.05, 3.63) is 24.8 Å². The van der Waals surface area contributed by atoms with Crippen LogP contribution in [-0.4, -0.2) is 32.9 Å². The van der Waals surface area contributed by atoms with Gasteiger partial charge in [0.05, 0.1) is 6.61 Å². The lowest BCUT2D eigenvalue weighted by Crippen LogP contribution is -2.11. The van der Waals surface area contributed by atoms with Crippen molar-refractivity contribution in [1.82, 2.24) is 19.7 Å². The lowest BCUT2D eigenvalue weighted by molar-refractivity contribution is 0.328. The van der Waals surface area contributed by atoms with Crippen molar-refractivity contribution in [2.24, 2.45) is 0 Å². The number of nitrogens with two attached hydrogens (primary N) is 1. The third-order valence-electron chi connectivity index (χ3n) is 2.54. The molecule has 2 aromatic heterocycles. The molecule has 0 aliphatic rings. The lowest BCUT2D eigenvalue weighted by atomic mass is 10.4. The van der Waals surface area contributed by atoms with E-state index in [-0.39, 0.29) is 0 Å².